The van der Waals surface area contributed by atoms with E-state index in [4.69, 9.17) is 16.0 Å². The van der Waals surface area contributed by atoms with Crippen LogP contribution in [0.4, 0.5) is 5.69 Å². The molecule has 5 nitrogen and oxygen atoms in total. The lowest BCUT2D eigenvalue weighted by molar-refractivity contribution is -0.121. The molecule has 2 aromatic carbocycles. The Morgan fingerprint density at radius 3 is 2.62 bits per heavy atom. The molecule has 0 saturated heterocycles. The summed E-state index contributed by atoms with van der Waals surface area (Å²) in [5.41, 5.74) is 3.85. The van der Waals surface area contributed by atoms with E-state index in [-0.39, 0.29) is 30.0 Å². The monoisotopic (exact) mass is 472 g/mol. The van der Waals surface area contributed by atoms with E-state index in [9.17, 15) is 9.59 Å². The number of halogens is 2. The van der Waals surface area contributed by atoms with Gasteiger partial charge in [0.05, 0.1) is 12.5 Å². The molecule has 0 bridgehead atoms. The molecule has 1 aliphatic rings. The third-order valence-corrected chi connectivity index (χ3v) is 5.55. The Hall–Kier alpha value is -2.57. The highest BCUT2D eigenvalue weighted by atomic mass is 79.9. The molecule has 0 radical (unpaired) electrons. The highest BCUT2D eigenvalue weighted by Crippen LogP contribution is 2.32. The molecule has 0 spiro atoms. The van der Waals surface area contributed by atoms with Crippen LogP contribution in [0, 0.1) is 0 Å². The van der Waals surface area contributed by atoms with Gasteiger partial charge in [-0.1, -0.05) is 29.8 Å². The molecule has 1 heterocycles. The Balaban J connectivity index is 1.33. The first-order valence-corrected chi connectivity index (χ1v) is 10.4. The number of aryl methyl sites for hydroxylation is 1. The minimum absolute atomic E-state index is 0.0287. The molecule has 1 unspecified atom stereocenters. The predicted molar refractivity (Wildman–Crippen MR) is 115 cm³/mol. The zero-order valence-electron chi connectivity index (χ0n) is 15.4. The smallest absolute Gasteiger partial charge is 0.291 e. The van der Waals surface area contributed by atoms with Gasteiger partial charge in [-0.25, -0.2) is 0 Å². The number of furan rings is 1. The zero-order valence-corrected chi connectivity index (χ0v) is 17.7. The van der Waals surface area contributed by atoms with Gasteiger partial charge in [0.25, 0.3) is 5.91 Å². The summed E-state index contributed by atoms with van der Waals surface area (Å²) < 4.78 is 5.73. The third kappa shape index (κ3) is 4.71. The molecular weight excluding hydrogens is 456 g/mol. The van der Waals surface area contributed by atoms with Crippen LogP contribution in [0.3, 0.4) is 0 Å². The number of anilines is 1. The summed E-state index contributed by atoms with van der Waals surface area (Å²) in [4.78, 5) is 24.6. The number of fused-ring (bicyclic) bond motifs is 1. The molecule has 4 rings (SSSR count). The quantitative estimate of drug-likeness (QED) is 0.529. The summed E-state index contributed by atoms with van der Waals surface area (Å²) in [5.74, 6) is -0.144. The minimum Gasteiger partial charge on any atom is -0.444 e. The maximum Gasteiger partial charge on any atom is 0.291 e. The van der Waals surface area contributed by atoms with Gasteiger partial charge in [-0.15, -0.1) is 0 Å². The molecule has 2 N–H and O–H groups in total. The molecule has 7 heteroatoms. The van der Waals surface area contributed by atoms with Crippen molar-refractivity contribution >= 4 is 45.0 Å². The van der Waals surface area contributed by atoms with E-state index < -0.39 is 0 Å². The Morgan fingerprint density at radius 1 is 1.10 bits per heavy atom. The van der Waals surface area contributed by atoms with Crippen molar-refractivity contribution in [2.45, 2.75) is 25.3 Å². The van der Waals surface area contributed by atoms with Crippen LogP contribution in [-0.4, -0.2) is 11.8 Å². The van der Waals surface area contributed by atoms with Crippen molar-refractivity contribution in [1.82, 2.24) is 5.32 Å². The first kappa shape index (κ1) is 19.7. The second-order valence-corrected chi connectivity index (χ2v) is 8.15. The summed E-state index contributed by atoms with van der Waals surface area (Å²) >= 11 is 9.21. The highest BCUT2D eigenvalue weighted by Gasteiger charge is 2.24. The van der Waals surface area contributed by atoms with Gasteiger partial charge in [-0.05, 0) is 81.9 Å². The first-order valence-electron chi connectivity index (χ1n) is 9.21. The molecular formula is C22H18BrClN2O3. The van der Waals surface area contributed by atoms with Gasteiger partial charge in [0.2, 0.25) is 5.91 Å². The summed E-state index contributed by atoms with van der Waals surface area (Å²) in [6, 6.07) is 16.3. The SMILES string of the molecule is O=C(Cc1ccc(NC(=O)c2ccc(Br)o2)cc1)NC1CCc2cc(Cl)ccc21. The molecule has 0 saturated carbocycles. The van der Waals surface area contributed by atoms with Crippen LogP contribution in [0.15, 0.2) is 63.7 Å². The fourth-order valence-corrected chi connectivity index (χ4v) is 4.00. The van der Waals surface area contributed by atoms with Gasteiger partial charge < -0.3 is 15.1 Å². The Labute approximate surface area is 181 Å². The van der Waals surface area contributed by atoms with Crippen molar-refractivity contribution in [1.29, 1.82) is 0 Å². The van der Waals surface area contributed by atoms with E-state index in [0.29, 0.717) is 10.4 Å². The highest BCUT2D eigenvalue weighted by molar-refractivity contribution is 9.10. The van der Waals surface area contributed by atoms with Crippen LogP contribution in [-0.2, 0) is 17.6 Å². The standard InChI is InChI=1S/C22H18BrClN2O3/c23-20-10-9-19(29-20)22(28)25-16-5-1-13(2-6-16)11-21(27)26-18-8-3-14-12-15(24)4-7-17(14)18/h1-2,4-7,9-10,12,18H,3,8,11H2,(H,25,28)(H,26,27). The van der Waals surface area contributed by atoms with E-state index in [1.807, 2.05) is 30.3 Å². The van der Waals surface area contributed by atoms with Crippen LogP contribution in [0.1, 0.15) is 39.7 Å². The number of benzene rings is 2. The van der Waals surface area contributed by atoms with Gasteiger partial charge in [0.1, 0.15) is 0 Å². The van der Waals surface area contributed by atoms with Gasteiger partial charge >= 0.3 is 0 Å². The molecule has 1 atom stereocenters. The maximum absolute atomic E-state index is 12.5. The van der Waals surface area contributed by atoms with Gasteiger partial charge in [0.15, 0.2) is 10.4 Å². The Kier molecular flexibility index (Phi) is 5.74. The lowest BCUT2D eigenvalue weighted by atomic mass is 10.1. The van der Waals surface area contributed by atoms with E-state index in [1.54, 1.807) is 24.3 Å². The second kappa shape index (κ2) is 8.43. The van der Waals surface area contributed by atoms with Gasteiger partial charge in [-0.3, -0.25) is 9.59 Å². The maximum atomic E-state index is 12.5. The normalized spacial score (nSPS) is 15.0. The number of carbonyl (C=O) groups is 2. The van der Waals surface area contributed by atoms with E-state index in [0.717, 1.165) is 29.0 Å². The topological polar surface area (TPSA) is 71.3 Å². The number of nitrogens with one attached hydrogen (secondary N) is 2. The van der Waals surface area contributed by atoms with Crippen LogP contribution < -0.4 is 10.6 Å². The van der Waals surface area contributed by atoms with Crippen molar-refractivity contribution < 1.29 is 14.0 Å². The summed E-state index contributed by atoms with van der Waals surface area (Å²) in [6.07, 6.45) is 2.08. The lowest BCUT2D eigenvalue weighted by Crippen LogP contribution is -2.28. The minimum atomic E-state index is -0.332. The molecule has 1 aromatic heterocycles. The average molecular weight is 474 g/mol. The van der Waals surface area contributed by atoms with E-state index >= 15 is 0 Å². The Morgan fingerprint density at radius 2 is 1.90 bits per heavy atom. The second-order valence-electron chi connectivity index (χ2n) is 6.93. The number of rotatable bonds is 5. The summed E-state index contributed by atoms with van der Waals surface area (Å²) in [5, 5.41) is 6.59. The zero-order chi connectivity index (χ0) is 20.4. The van der Waals surface area contributed by atoms with Crippen LogP contribution in [0.25, 0.3) is 0 Å². The molecule has 0 fully saturated rings. The largest absolute Gasteiger partial charge is 0.444 e. The van der Waals surface area contributed by atoms with Crippen LogP contribution >= 0.6 is 27.5 Å². The molecule has 148 valence electrons. The number of carbonyl (C=O) groups excluding carboxylic acids is 2. The third-order valence-electron chi connectivity index (χ3n) is 4.89. The molecule has 0 aliphatic heterocycles. The van der Waals surface area contributed by atoms with E-state index in [1.165, 1.54) is 5.56 Å². The molecule has 3 aromatic rings. The fraction of sp³-hybridized carbons (Fsp3) is 0.182. The van der Waals surface area contributed by atoms with E-state index in [2.05, 4.69) is 26.6 Å². The molecule has 2 amide bonds. The van der Waals surface area contributed by atoms with Gasteiger partial charge in [-0.2, -0.15) is 0 Å². The van der Waals surface area contributed by atoms with Crippen molar-refractivity contribution in [2.24, 2.45) is 0 Å². The molecule has 1 aliphatic carbocycles. The molecule has 29 heavy (non-hydrogen) atoms. The Bertz CT molecular complexity index is 1060. The number of amides is 2. The van der Waals surface area contributed by atoms with Crippen molar-refractivity contribution in [3.63, 3.8) is 0 Å². The first-order chi connectivity index (χ1) is 14.0. The fourth-order valence-electron chi connectivity index (χ4n) is 3.50. The van der Waals surface area contributed by atoms with Crippen LogP contribution in [0.5, 0.6) is 0 Å². The number of hydrogen-bond acceptors (Lipinski definition) is 3. The summed E-state index contributed by atoms with van der Waals surface area (Å²) in [6.45, 7) is 0. The average Bonchev–Trinajstić information content (AvgIpc) is 3.29. The van der Waals surface area contributed by atoms with Crippen LogP contribution in [0.2, 0.25) is 5.02 Å². The lowest BCUT2D eigenvalue weighted by Gasteiger charge is -2.14. The van der Waals surface area contributed by atoms with Crippen molar-refractivity contribution in [3.8, 4) is 0 Å². The summed E-state index contributed by atoms with van der Waals surface area (Å²) in [7, 11) is 0. The predicted octanol–water partition coefficient (Wildman–Crippen LogP) is 5.29. The van der Waals surface area contributed by atoms with Crippen molar-refractivity contribution in [3.05, 3.63) is 86.7 Å². The van der Waals surface area contributed by atoms with Gasteiger partial charge in [0, 0.05) is 10.7 Å². The van der Waals surface area contributed by atoms with Crippen molar-refractivity contribution in [2.75, 3.05) is 5.32 Å². The number of hydrogen-bond donors (Lipinski definition) is 2.